The number of carbonyl (C=O) groups excluding carboxylic acids is 1. The molecule has 0 fully saturated rings. The smallest absolute Gasteiger partial charge is 0.224 e. The summed E-state index contributed by atoms with van der Waals surface area (Å²) in [5.41, 5.74) is 6.28. The zero-order valence-corrected chi connectivity index (χ0v) is 11.1. The Morgan fingerprint density at radius 1 is 1.67 bits per heavy atom. The van der Waals surface area contributed by atoms with Gasteiger partial charge in [-0.15, -0.1) is 0 Å². The quantitative estimate of drug-likeness (QED) is 0.720. The molecule has 0 aromatic carbocycles. The number of amides is 1. The van der Waals surface area contributed by atoms with Gasteiger partial charge in [0.25, 0.3) is 0 Å². The first-order chi connectivity index (χ1) is 8.69. The lowest BCUT2D eigenvalue weighted by atomic mass is 10.0. The van der Waals surface area contributed by atoms with Crippen LogP contribution in [0.4, 0.5) is 5.69 Å². The summed E-state index contributed by atoms with van der Waals surface area (Å²) < 4.78 is 6.69. The molecule has 1 rings (SSSR count). The third-order valence-corrected chi connectivity index (χ3v) is 2.83. The molecule has 0 aliphatic rings. The Hall–Kier alpha value is -1.40. The number of ether oxygens (including phenoxy) is 1. The molecular formula is C12H22N4O2. The Bertz CT molecular complexity index is 361. The summed E-state index contributed by atoms with van der Waals surface area (Å²) in [5.74, 6) is 0.229. The SMILES string of the molecule is CCC(CN)CC(=O)Nc1cnn(CCOC)c1. The predicted molar refractivity (Wildman–Crippen MR) is 70.2 cm³/mol. The van der Waals surface area contributed by atoms with Gasteiger partial charge < -0.3 is 15.8 Å². The lowest BCUT2D eigenvalue weighted by Gasteiger charge is -2.10. The van der Waals surface area contributed by atoms with Crippen molar-refractivity contribution in [3.63, 3.8) is 0 Å². The van der Waals surface area contributed by atoms with E-state index in [4.69, 9.17) is 10.5 Å². The first-order valence-electron chi connectivity index (χ1n) is 6.20. The number of carbonyl (C=O) groups is 1. The molecule has 3 N–H and O–H groups in total. The third kappa shape index (κ3) is 4.85. The van der Waals surface area contributed by atoms with Crippen LogP contribution >= 0.6 is 0 Å². The highest BCUT2D eigenvalue weighted by Gasteiger charge is 2.11. The van der Waals surface area contributed by atoms with Crippen molar-refractivity contribution in [2.45, 2.75) is 26.3 Å². The molecule has 0 saturated carbocycles. The number of methoxy groups -OCH3 is 1. The number of nitrogens with two attached hydrogens (primary N) is 1. The van der Waals surface area contributed by atoms with Crippen LogP contribution in [-0.4, -0.2) is 35.9 Å². The molecule has 6 heteroatoms. The van der Waals surface area contributed by atoms with Crippen LogP contribution in [0.1, 0.15) is 19.8 Å². The van der Waals surface area contributed by atoms with E-state index < -0.39 is 0 Å². The van der Waals surface area contributed by atoms with Crippen LogP contribution in [0.5, 0.6) is 0 Å². The fraction of sp³-hybridized carbons (Fsp3) is 0.667. The lowest BCUT2D eigenvalue weighted by molar-refractivity contribution is -0.117. The van der Waals surface area contributed by atoms with Gasteiger partial charge in [-0.05, 0) is 12.5 Å². The minimum atomic E-state index is -0.0152. The van der Waals surface area contributed by atoms with E-state index in [-0.39, 0.29) is 11.8 Å². The van der Waals surface area contributed by atoms with Gasteiger partial charge in [0.1, 0.15) is 0 Å². The maximum atomic E-state index is 11.7. The minimum Gasteiger partial charge on any atom is -0.383 e. The Morgan fingerprint density at radius 2 is 2.44 bits per heavy atom. The highest BCUT2D eigenvalue weighted by molar-refractivity contribution is 5.90. The predicted octanol–water partition coefficient (Wildman–Crippen LogP) is 0.843. The van der Waals surface area contributed by atoms with Crippen LogP contribution in [0.3, 0.4) is 0 Å². The summed E-state index contributed by atoms with van der Waals surface area (Å²) in [5, 5.41) is 6.94. The van der Waals surface area contributed by atoms with E-state index in [0.29, 0.717) is 31.8 Å². The Labute approximate surface area is 107 Å². The van der Waals surface area contributed by atoms with Gasteiger partial charge in [-0.25, -0.2) is 0 Å². The van der Waals surface area contributed by atoms with E-state index in [1.807, 2.05) is 6.92 Å². The van der Waals surface area contributed by atoms with Crippen LogP contribution < -0.4 is 11.1 Å². The van der Waals surface area contributed by atoms with Gasteiger partial charge in [0, 0.05) is 19.7 Å². The number of hydrogen-bond acceptors (Lipinski definition) is 4. The van der Waals surface area contributed by atoms with Crippen LogP contribution in [-0.2, 0) is 16.1 Å². The Balaban J connectivity index is 2.41. The van der Waals surface area contributed by atoms with Crippen molar-refractivity contribution >= 4 is 11.6 Å². The number of rotatable bonds is 8. The molecule has 1 amide bonds. The second-order valence-electron chi connectivity index (χ2n) is 4.25. The van der Waals surface area contributed by atoms with E-state index in [1.165, 1.54) is 0 Å². The van der Waals surface area contributed by atoms with Gasteiger partial charge in [-0.3, -0.25) is 9.48 Å². The minimum absolute atomic E-state index is 0.0152. The second kappa shape index (κ2) is 7.84. The number of hydrogen-bond donors (Lipinski definition) is 2. The molecule has 1 aromatic heterocycles. The average Bonchev–Trinajstić information content (AvgIpc) is 2.81. The van der Waals surface area contributed by atoms with Crippen molar-refractivity contribution in [2.75, 3.05) is 25.6 Å². The average molecular weight is 254 g/mol. The number of aromatic nitrogens is 2. The highest BCUT2D eigenvalue weighted by Crippen LogP contribution is 2.10. The molecule has 1 heterocycles. The van der Waals surface area contributed by atoms with Crippen LogP contribution in [0.25, 0.3) is 0 Å². The molecule has 0 bridgehead atoms. The van der Waals surface area contributed by atoms with Crippen LogP contribution in [0.2, 0.25) is 0 Å². The van der Waals surface area contributed by atoms with Gasteiger partial charge in [0.05, 0.1) is 25.0 Å². The fourth-order valence-electron chi connectivity index (χ4n) is 1.60. The van der Waals surface area contributed by atoms with Crippen molar-refractivity contribution in [2.24, 2.45) is 11.7 Å². The van der Waals surface area contributed by atoms with Gasteiger partial charge in [-0.1, -0.05) is 13.3 Å². The fourth-order valence-corrected chi connectivity index (χ4v) is 1.60. The maximum Gasteiger partial charge on any atom is 0.224 e. The van der Waals surface area contributed by atoms with E-state index in [9.17, 15) is 4.79 Å². The van der Waals surface area contributed by atoms with Crippen molar-refractivity contribution in [3.8, 4) is 0 Å². The van der Waals surface area contributed by atoms with E-state index in [1.54, 1.807) is 24.2 Å². The van der Waals surface area contributed by atoms with Crippen molar-refractivity contribution < 1.29 is 9.53 Å². The number of anilines is 1. The molecule has 0 spiro atoms. The molecule has 0 radical (unpaired) electrons. The first kappa shape index (κ1) is 14.7. The third-order valence-electron chi connectivity index (χ3n) is 2.83. The lowest BCUT2D eigenvalue weighted by Crippen LogP contribution is -2.21. The van der Waals surface area contributed by atoms with Gasteiger partial charge in [-0.2, -0.15) is 5.10 Å². The van der Waals surface area contributed by atoms with E-state index in [0.717, 1.165) is 6.42 Å². The highest BCUT2D eigenvalue weighted by atomic mass is 16.5. The normalized spacial score (nSPS) is 12.4. The Kier molecular flexibility index (Phi) is 6.38. The Morgan fingerprint density at radius 3 is 3.06 bits per heavy atom. The molecule has 6 nitrogen and oxygen atoms in total. The van der Waals surface area contributed by atoms with Crippen molar-refractivity contribution in [3.05, 3.63) is 12.4 Å². The molecule has 0 aliphatic carbocycles. The monoisotopic (exact) mass is 254 g/mol. The molecule has 102 valence electrons. The summed E-state index contributed by atoms with van der Waals surface area (Å²) >= 11 is 0. The topological polar surface area (TPSA) is 82.2 Å². The standard InChI is InChI=1S/C12H22N4O2/c1-3-10(7-13)6-12(17)15-11-8-14-16(9-11)4-5-18-2/h8-10H,3-7,13H2,1-2H3,(H,15,17). The zero-order valence-electron chi connectivity index (χ0n) is 11.1. The maximum absolute atomic E-state index is 11.7. The van der Waals surface area contributed by atoms with E-state index in [2.05, 4.69) is 10.4 Å². The van der Waals surface area contributed by atoms with Gasteiger partial charge in [0.2, 0.25) is 5.91 Å². The number of nitrogens with one attached hydrogen (secondary N) is 1. The largest absolute Gasteiger partial charge is 0.383 e. The molecule has 18 heavy (non-hydrogen) atoms. The summed E-state index contributed by atoms with van der Waals surface area (Å²) in [7, 11) is 1.64. The van der Waals surface area contributed by atoms with E-state index >= 15 is 0 Å². The molecule has 1 aromatic rings. The molecule has 0 aliphatic heterocycles. The summed E-state index contributed by atoms with van der Waals surface area (Å²) in [4.78, 5) is 11.7. The second-order valence-corrected chi connectivity index (χ2v) is 4.25. The van der Waals surface area contributed by atoms with Crippen LogP contribution in [0, 0.1) is 5.92 Å². The molecular weight excluding hydrogens is 232 g/mol. The summed E-state index contributed by atoms with van der Waals surface area (Å²) in [6.07, 6.45) is 4.80. The number of nitrogens with zero attached hydrogens (tertiary/aromatic N) is 2. The molecule has 1 atom stereocenters. The van der Waals surface area contributed by atoms with Crippen molar-refractivity contribution in [1.29, 1.82) is 0 Å². The molecule has 1 unspecified atom stereocenters. The summed E-state index contributed by atoms with van der Waals surface area (Å²) in [6, 6.07) is 0. The first-order valence-corrected chi connectivity index (χ1v) is 6.20. The van der Waals surface area contributed by atoms with Crippen LogP contribution in [0.15, 0.2) is 12.4 Å². The van der Waals surface area contributed by atoms with Gasteiger partial charge >= 0.3 is 0 Å². The summed E-state index contributed by atoms with van der Waals surface area (Å²) in [6.45, 7) is 3.84. The van der Waals surface area contributed by atoms with Gasteiger partial charge in [0.15, 0.2) is 0 Å². The van der Waals surface area contributed by atoms with Crippen molar-refractivity contribution in [1.82, 2.24) is 9.78 Å². The zero-order chi connectivity index (χ0) is 13.4. The molecule has 0 saturated heterocycles.